The second-order valence-electron chi connectivity index (χ2n) is 4.41. The Morgan fingerprint density at radius 2 is 2.29 bits per heavy atom. The number of benzene rings is 1. The van der Waals surface area contributed by atoms with Crippen LogP contribution in [0.4, 0.5) is 5.69 Å². The third kappa shape index (κ3) is 3.78. The van der Waals surface area contributed by atoms with E-state index >= 15 is 0 Å². The first-order chi connectivity index (χ1) is 9.88. The van der Waals surface area contributed by atoms with Crippen LogP contribution in [-0.4, -0.2) is 15.0 Å². The second-order valence-corrected chi connectivity index (χ2v) is 6.65. The van der Waals surface area contributed by atoms with E-state index in [-0.39, 0.29) is 18.0 Å². The van der Waals surface area contributed by atoms with Gasteiger partial charge in [-0.3, -0.25) is 10.1 Å². The number of aliphatic hydroxyl groups excluding tert-OH is 1. The summed E-state index contributed by atoms with van der Waals surface area (Å²) in [4.78, 5) is 15.6. The molecule has 0 spiro atoms. The molecule has 0 saturated carbocycles. The molecule has 0 fully saturated rings. The van der Waals surface area contributed by atoms with Crippen molar-refractivity contribution in [2.75, 3.05) is 0 Å². The number of nitrogens with zero attached hydrogens (tertiary/aromatic N) is 2. The number of aryl methyl sites for hydroxylation is 1. The lowest BCUT2D eigenvalue weighted by atomic mass is 10.1. The molecule has 2 aromatic rings. The van der Waals surface area contributed by atoms with Gasteiger partial charge in [-0.15, -0.1) is 11.3 Å². The van der Waals surface area contributed by atoms with E-state index in [9.17, 15) is 15.2 Å². The molecule has 1 aromatic heterocycles. The maximum atomic E-state index is 11.2. The molecule has 0 unspecified atom stereocenters. The van der Waals surface area contributed by atoms with Gasteiger partial charge < -0.3 is 9.84 Å². The molecule has 21 heavy (non-hydrogen) atoms. The van der Waals surface area contributed by atoms with Crippen LogP contribution in [0, 0.1) is 17.0 Å². The molecule has 6 nitrogen and oxygen atoms in total. The van der Waals surface area contributed by atoms with Crippen LogP contribution >= 0.6 is 27.3 Å². The lowest BCUT2D eigenvalue weighted by Crippen LogP contribution is -2.04. The number of aromatic nitrogens is 1. The van der Waals surface area contributed by atoms with E-state index in [1.165, 1.54) is 24.3 Å². The normalized spacial score (nSPS) is 12.2. The second kappa shape index (κ2) is 6.50. The van der Waals surface area contributed by atoms with Crippen molar-refractivity contribution in [2.24, 2.45) is 0 Å². The molecule has 0 bridgehead atoms. The number of thiazole rings is 1. The minimum absolute atomic E-state index is 0.0873. The van der Waals surface area contributed by atoms with Gasteiger partial charge in [0, 0.05) is 22.3 Å². The van der Waals surface area contributed by atoms with Crippen LogP contribution < -0.4 is 4.74 Å². The molecule has 1 N–H and O–H groups in total. The number of nitro benzene ring substituents is 1. The van der Waals surface area contributed by atoms with E-state index in [4.69, 9.17) is 4.74 Å². The molecule has 8 heteroatoms. The number of ether oxygens (including phenoxy) is 1. The lowest BCUT2D eigenvalue weighted by Gasteiger charge is -2.13. The Labute approximate surface area is 133 Å². The lowest BCUT2D eigenvalue weighted by molar-refractivity contribution is -0.386. The monoisotopic (exact) mass is 372 g/mol. The summed E-state index contributed by atoms with van der Waals surface area (Å²) in [7, 11) is 0. The summed E-state index contributed by atoms with van der Waals surface area (Å²) < 4.78 is 6.11. The average molecular weight is 373 g/mol. The minimum Gasteiger partial charge on any atom is -0.481 e. The quantitative estimate of drug-likeness (QED) is 0.637. The zero-order valence-corrected chi connectivity index (χ0v) is 13.8. The molecule has 1 aromatic carbocycles. The zero-order chi connectivity index (χ0) is 15.6. The van der Waals surface area contributed by atoms with Gasteiger partial charge >= 0.3 is 5.69 Å². The zero-order valence-electron chi connectivity index (χ0n) is 11.4. The van der Waals surface area contributed by atoms with Crippen molar-refractivity contribution in [1.29, 1.82) is 0 Å². The first kappa shape index (κ1) is 15.9. The Kier molecular flexibility index (Phi) is 4.92. The molecule has 0 saturated heterocycles. The van der Waals surface area contributed by atoms with Crippen molar-refractivity contribution < 1.29 is 14.8 Å². The van der Waals surface area contributed by atoms with Gasteiger partial charge in [0.05, 0.1) is 20.9 Å². The fourth-order valence-electron chi connectivity index (χ4n) is 1.82. The number of nitro groups is 1. The molecular weight excluding hydrogens is 360 g/mol. The summed E-state index contributed by atoms with van der Waals surface area (Å²) in [5, 5.41) is 21.9. The third-order valence-corrected chi connectivity index (χ3v) is 4.08. The van der Waals surface area contributed by atoms with Gasteiger partial charge in [0.2, 0.25) is 5.75 Å². The molecule has 1 heterocycles. The molecular formula is C13H13BrN2O4S. The van der Waals surface area contributed by atoms with E-state index in [0.717, 1.165) is 9.88 Å². The first-order valence-corrected chi connectivity index (χ1v) is 7.69. The van der Waals surface area contributed by atoms with E-state index in [0.29, 0.717) is 10.0 Å². The topological polar surface area (TPSA) is 85.5 Å². The number of rotatable bonds is 5. The maximum absolute atomic E-state index is 11.2. The Morgan fingerprint density at radius 1 is 1.57 bits per heavy atom. The average Bonchev–Trinajstić information content (AvgIpc) is 2.81. The smallest absolute Gasteiger partial charge is 0.312 e. The van der Waals surface area contributed by atoms with Gasteiger partial charge in [0.15, 0.2) is 0 Å². The SMILES string of the molecule is Cc1ncc(COc2c([C@@H](C)O)cc(Br)cc2[N+](=O)[O-])s1. The fraction of sp³-hybridized carbons (Fsp3) is 0.308. The summed E-state index contributed by atoms with van der Waals surface area (Å²) in [6.45, 7) is 3.58. The van der Waals surface area contributed by atoms with Gasteiger partial charge in [0.1, 0.15) is 6.61 Å². The van der Waals surface area contributed by atoms with Gasteiger partial charge in [-0.2, -0.15) is 0 Å². The Hall–Kier alpha value is -1.51. The van der Waals surface area contributed by atoms with E-state index in [2.05, 4.69) is 20.9 Å². The van der Waals surface area contributed by atoms with Crippen LogP contribution in [0.1, 0.15) is 28.5 Å². The molecule has 2 rings (SSSR count). The van der Waals surface area contributed by atoms with Crippen LogP contribution in [0.25, 0.3) is 0 Å². The summed E-state index contributed by atoms with van der Waals surface area (Å²) in [5.74, 6) is 0.0873. The van der Waals surface area contributed by atoms with Gasteiger partial charge in [-0.05, 0) is 19.9 Å². The molecule has 0 aliphatic heterocycles. The molecule has 0 radical (unpaired) electrons. The van der Waals surface area contributed by atoms with Crippen LogP contribution in [0.15, 0.2) is 22.8 Å². The van der Waals surface area contributed by atoms with Crippen molar-refractivity contribution in [3.05, 3.63) is 48.4 Å². The first-order valence-electron chi connectivity index (χ1n) is 6.08. The molecule has 0 aliphatic carbocycles. The van der Waals surface area contributed by atoms with E-state index in [1.54, 1.807) is 12.3 Å². The largest absolute Gasteiger partial charge is 0.481 e. The maximum Gasteiger partial charge on any atom is 0.312 e. The van der Waals surface area contributed by atoms with Crippen LogP contribution in [0.2, 0.25) is 0 Å². The van der Waals surface area contributed by atoms with Crippen molar-refractivity contribution in [1.82, 2.24) is 4.98 Å². The highest BCUT2D eigenvalue weighted by Crippen LogP contribution is 2.38. The molecule has 112 valence electrons. The van der Waals surface area contributed by atoms with Gasteiger partial charge in [-0.25, -0.2) is 4.98 Å². The van der Waals surface area contributed by atoms with Crippen molar-refractivity contribution in [2.45, 2.75) is 26.6 Å². The molecule has 1 atom stereocenters. The summed E-state index contributed by atoms with van der Waals surface area (Å²) in [5.41, 5.74) is 0.193. The summed E-state index contributed by atoms with van der Waals surface area (Å²) >= 11 is 4.66. The predicted octanol–water partition coefficient (Wildman–Crippen LogP) is 3.75. The number of aliphatic hydroxyl groups is 1. The van der Waals surface area contributed by atoms with Crippen molar-refractivity contribution >= 4 is 33.0 Å². The third-order valence-electron chi connectivity index (χ3n) is 2.74. The predicted molar refractivity (Wildman–Crippen MR) is 82.6 cm³/mol. The Morgan fingerprint density at radius 3 is 2.81 bits per heavy atom. The van der Waals surface area contributed by atoms with Crippen LogP contribution in [-0.2, 0) is 6.61 Å². The molecule has 0 aliphatic rings. The highest BCUT2D eigenvalue weighted by Gasteiger charge is 2.23. The number of hydrogen-bond donors (Lipinski definition) is 1. The standard InChI is InChI=1S/C13H13BrN2O4S/c1-7(17)11-3-9(14)4-12(16(18)19)13(11)20-6-10-5-15-8(2)21-10/h3-5,7,17H,6H2,1-2H3/t7-/m1/s1. The van der Waals surface area contributed by atoms with Crippen molar-refractivity contribution in [3.8, 4) is 5.75 Å². The van der Waals surface area contributed by atoms with E-state index in [1.807, 2.05) is 6.92 Å². The Balaban J connectivity index is 2.37. The number of hydrogen-bond acceptors (Lipinski definition) is 6. The van der Waals surface area contributed by atoms with Crippen LogP contribution in [0.5, 0.6) is 5.75 Å². The fourth-order valence-corrected chi connectivity index (χ4v) is 2.99. The molecule has 0 amide bonds. The summed E-state index contributed by atoms with van der Waals surface area (Å²) in [6.07, 6.45) is 0.798. The van der Waals surface area contributed by atoms with Crippen LogP contribution in [0.3, 0.4) is 0 Å². The highest BCUT2D eigenvalue weighted by molar-refractivity contribution is 9.10. The highest BCUT2D eigenvalue weighted by atomic mass is 79.9. The van der Waals surface area contributed by atoms with Gasteiger partial charge in [-0.1, -0.05) is 15.9 Å². The Bertz CT molecular complexity index is 672. The number of halogens is 1. The summed E-state index contributed by atoms with van der Waals surface area (Å²) in [6, 6.07) is 2.98. The van der Waals surface area contributed by atoms with Crippen molar-refractivity contribution in [3.63, 3.8) is 0 Å². The van der Waals surface area contributed by atoms with E-state index < -0.39 is 11.0 Å². The minimum atomic E-state index is -0.876. The van der Waals surface area contributed by atoms with Gasteiger partial charge in [0.25, 0.3) is 0 Å².